The minimum absolute atomic E-state index is 0.0573. The first-order chi connectivity index (χ1) is 9.55. The van der Waals surface area contributed by atoms with Gasteiger partial charge >= 0.3 is 5.97 Å². The van der Waals surface area contributed by atoms with Crippen LogP contribution in [-0.2, 0) is 25.5 Å². The van der Waals surface area contributed by atoms with Crippen molar-refractivity contribution in [2.24, 2.45) is 0 Å². The summed E-state index contributed by atoms with van der Waals surface area (Å²) >= 11 is 0. The number of carbonyl (C=O) groups is 3. The minimum atomic E-state index is -0.672. The molecule has 0 unspecified atom stereocenters. The molecule has 0 aromatic heterocycles. The SMILES string of the molecule is COC(=O)/C=C/C(=O)NC(=O)Cc1ccc(OC)cc1. The number of hydrogen-bond donors (Lipinski definition) is 1. The van der Waals surface area contributed by atoms with Gasteiger partial charge in [-0.2, -0.15) is 0 Å². The van der Waals surface area contributed by atoms with Gasteiger partial charge in [0.2, 0.25) is 5.91 Å². The summed E-state index contributed by atoms with van der Waals surface area (Å²) in [6.45, 7) is 0. The Bertz CT molecular complexity index is 519. The Labute approximate surface area is 116 Å². The van der Waals surface area contributed by atoms with Gasteiger partial charge in [0.1, 0.15) is 5.75 Å². The van der Waals surface area contributed by atoms with Crippen LogP contribution in [0.1, 0.15) is 5.56 Å². The quantitative estimate of drug-likeness (QED) is 0.630. The summed E-state index contributed by atoms with van der Waals surface area (Å²) in [7, 11) is 2.74. The van der Waals surface area contributed by atoms with Crippen LogP contribution in [0, 0.1) is 0 Å². The predicted molar refractivity (Wildman–Crippen MR) is 71.0 cm³/mol. The Morgan fingerprint density at radius 3 is 2.30 bits per heavy atom. The third-order valence-electron chi connectivity index (χ3n) is 2.36. The van der Waals surface area contributed by atoms with Gasteiger partial charge < -0.3 is 9.47 Å². The second-order valence-corrected chi connectivity index (χ2v) is 3.79. The van der Waals surface area contributed by atoms with Crippen molar-refractivity contribution in [1.29, 1.82) is 0 Å². The second-order valence-electron chi connectivity index (χ2n) is 3.79. The summed E-state index contributed by atoms with van der Waals surface area (Å²) in [6, 6.07) is 6.91. The van der Waals surface area contributed by atoms with Crippen LogP contribution in [-0.4, -0.2) is 32.0 Å². The molecule has 20 heavy (non-hydrogen) atoms. The molecule has 0 atom stereocenters. The maximum Gasteiger partial charge on any atom is 0.330 e. The van der Waals surface area contributed by atoms with E-state index in [0.29, 0.717) is 5.75 Å². The summed E-state index contributed by atoms with van der Waals surface area (Å²) in [4.78, 5) is 33.7. The molecule has 0 aliphatic rings. The van der Waals surface area contributed by atoms with Gasteiger partial charge in [-0.05, 0) is 17.7 Å². The van der Waals surface area contributed by atoms with E-state index in [1.807, 2.05) is 0 Å². The van der Waals surface area contributed by atoms with E-state index >= 15 is 0 Å². The molecule has 0 saturated carbocycles. The molecule has 0 radical (unpaired) electrons. The van der Waals surface area contributed by atoms with Gasteiger partial charge in [0.05, 0.1) is 20.6 Å². The Morgan fingerprint density at radius 1 is 1.10 bits per heavy atom. The molecule has 0 fully saturated rings. The highest BCUT2D eigenvalue weighted by molar-refractivity contribution is 6.03. The number of benzene rings is 1. The zero-order valence-corrected chi connectivity index (χ0v) is 11.2. The number of methoxy groups -OCH3 is 2. The number of amides is 2. The van der Waals surface area contributed by atoms with E-state index in [1.165, 1.54) is 7.11 Å². The lowest BCUT2D eigenvalue weighted by molar-refractivity contribution is -0.135. The van der Waals surface area contributed by atoms with Crippen molar-refractivity contribution in [2.45, 2.75) is 6.42 Å². The van der Waals surface area contributed by atoms with Crippen LogP contribution in [0.2, 0.25) is 0 Å². The third kappa shape index (κ3) is 5.34. The lowest BCUT2D eigenvalue weighted by Crippen LogP contribution is -2.30. The summed E-state index contributed by atoms with van der Waals surface area (Å²) < 4.78 is 9.32. The Morgan fingerprint density at radius 2 is 1.75 bits per heavy atom. The Kier molecular flexibility index (Phi) is 5.96. The van der Waals surface area contributed by atoms with E-state index < -0.39 is 17.8 Å². The van der Waals surface area contributed by atoms with E-state index in [1.54, 1.807) is 31.4 Å². The van der Waals surface area contributed by atoms with Gasteiger partial charge in [-0.25, -0.2) is 4.79 Å². The van der Waals surface area contributed by atoms with Gasteiger partial charge in [-0.15, -0.1) is 0 Å². The first-order valence-electron chi connectivity index (χ1n) is 5.78. The molecule has 1 aromatic carbocycles. The largest absolute Gasteiger partial charge is 0.497 e. The first-order valence-corrected chi connectivity index (χ1v) is 5.78. The molecule has 0 saturated heterocycles. The lowest BCUT2D eigenvalue weighted by atomic mass is 10.1. The van der Waals surface area contributed by atoms with Gasteiger partial charge in [-0.3, -0.25) is 14.9 Å². The molecular weight excluding hydrogens is 262 g/mol. The number of hydrogen-bond acceptors (Lipinski definition) is 5. The van der Waals surface area contributed by atoms with Crippen LogP contribution >= 0.6 is 0 Å². The van der Waals surface area contributed by atoms with Crippen LogP contribution in [0.15, 0.2) is 36.4 Å². The fourth-order valence-electron chi connectivity index (χ4n) is 1.36. The number of rotatable bonds is 5. The van der Waals surface area contributed by atoms with Gasteiger partial charge in [-0.1, -0.05) is 12.1 Å². The Balaban J connectivity index is 2.48. The van der Waals surface area contributed by atoms with E-state index in [-0.39, 0.29) is 6.42 Å². The maximum atomic E-state index is 11.6. The van der Waals surface area contributed by atoms with Gasteiger partial charge in [0.15, 0.2) is 0 Å². The molecule has 1 aromatic rings. The molecule has 1 rings (SSSR count). The van der Waals surface area contributed by atoms with Crippen molar-refractivity contribution < 1.29 is 23.9 Å². The van der Waals surface area contributed by atoms with Crippen molar-refractivity contribution in [3.63, 3.8) is 0 Å². The number of nitrogens with one attached hydrogen (secondary N) is 1. The van der Waals surface area contributed by atoms with Crippen LogP contribution in [0.4, 0.5) is 0 Å². The summed E-state index contributed by atoms with van der Waals surface area (Å²) in [5.74, 6) is -1.11. The highest BCUT2D eigenvalue weighted by atomic mass is 16.5. The van der Waals surface area contributed by atoms with Crippen LogP contribution in [0.25, 0.3) is 0 Å². The minimum Gasteiger partial charge on any atom is -0.497 e. The number of carbonyl (C=O) groups excluding carboxylic acids is 3. The highest BCUT2D eigenvalue weighted by Gasteiger charge is 2.07. The van der Waals surface area contributed by atoms with E-state index in [0.717, 1.165) is 17.7 Å². The molecule has 0 aliphatic carbocycles. The fourth-order valence-corrected chi connectivity index (χ4v) is 1.36. The predicted octanol–water partition coefficient (Wildman–Crippen LogP) is 0.610. The normalized spacial score (nSPS) is 10.1. The summed E-state index contributed by atoms with van der Waals surface area (Å²) in [6.07, 6.45) is 1.94. The molecule has 0 bridgehead atoms. The van der Waals surface area contributed by atoms with Crippen LogP contribution in [0.3, 0.4) is 0 Å². The van der Waals surface area contributed by atoms with Crippen molar-refractivity contribution in [2.75, 3.05) is 14.2 Å². The molecule has 0 heterocycles. The lowest BCUT2D eigenvalue weighted by Gasteiger charge is -2.03. The number of ether oxygens (including phenoxy) is 2. The van der Waals surface area contributed by atoms with Gasteiger partial charge in [0, 0.05) is 12.2 Å². The topological polar surface area (TPSA) is 81.7 Å². The summed E-state index contributed by atoms with van der Waals surface area (Å²) in [5, 5.41) is 2.13. The Hall–Kier alpha value is -2.63. The first kappa shape index (κ1) is 15.4. The molecular formula is C14H15NO5. The van der Waals surface area contributed by atoms with Crippen LogP contribution < -0.4 is 10.1 Å². The highest BCUT2D eigenvalue weighted by Crippen LogP contribution is 2.11. The third-order valence-corrected chi connectivity index (χ3v) is 2.36. The van der Waals surface area contributed by atoms with E-state index in [9.17, 15) is 14.4 Å². The zero-order chi connectivity index (χ0) is 15.0. The van der Waals surface area contributed by atoms with E-state index in [4.69, 9.17) is 4.74 Å². The molecule has 106 valence electrons. The van der Waals surface area contributed by atoms with Crippen molar-refractivity contribution in [3.8, 4) is 5.75 Å². The summed E-state index contributed by atoms with van der Waals surface area (Å²) in [5.41, 5.74) is 0.744. The molecule has 1 N–H and O–H groups in total. The average molecular weight is 277 g/mol. The van der Waals surface area contributed by atoms with Crippen molar-refractivity contribution in [1.82, 2.24) is 5.32 Å². The zero-order valence-electron chi connectivity index (χ0n) is 11.2. The van der Waals surface area contributed by atoms with Crippen molar-refractivity contribution in [3.05, 3.63) is 42.0 Å². The standard InChI is InChI=1S/C14H15NO5/c1-19-11-5-3-10(4-6-11)9-13(17)15-12(16)7-8-14(18)20-2/h3-8H,9H2,1-2H3,(H,15,16,17)/b8-7+. The van der Waals surface area contributed by atoms with E-state index in [2.05, 4.69) is 10.1 Å². The molecule has 0 spiro atoms. The number of esters is 1. The second kappa shape index (κ2) is 7.73. The fraction of sp³-hybridized carbons (Fsp3) is 0.214. The number of imide groups is 1. The molecule has 6 nitrogen and oxygen atoms in total. The molecule has 2 amide bonds. The maximum absolute atomic E-state index is 11.6. The molecule has 0 aliphatic heterocycles. The van der Waals surface area contributed by atoms with Crippen LogP contribution in [0.5, 0.6) is 5.75 Å². The van der Waals surface area contributed by atoms with Gasteiger partial charge in [0.25, 0.3) is 5.91 Å². The smallest absolute Gasteiger partial charge is 0.330 e. The average Bonchev–Trinajstić information content (AvgIpc) is 2.45. The monoisotopic (exact) mass is 277 g/mol. The van der Waals surface area contributed by atoms with Crippen molar-refractivity contribution >= 4 is 17.8 Å². The molecule has 6 heteroatoms.